The van der Waals surface area contributed by atoms with E-state index in [1.54, 1.807) is 6.07 Å². The quantitative estimate of drug-likeness (QED) is 0.896. The normalized spacial score (nSPS) is 15.4. The Balaban J connectivity index is 2.24. The lowest BCUT2D eigenvalue weighted by Gasteiger charge is -2.23. The van der Waals surface area contributed by atoms with E-state index < -0.39 is 29.2 Å². The van der Waals surface area contributed by atoms with Crippen LogP contribution in [0.1, 0.15) is 24.0 Å². The van der Waals surface area contributed by atoms with Crippen molar-refractivity contribution in [1.29, 1.82) is 0 Å². The molecule has 4 nitrogen and oxygen atoms in total. The highest BCUT2D eigenvalue weighted by atomic mass is 32.2. The highest BCUT2D eigenvalue weighted by Crippen LogP contribution is 2.31. The van der Waals surface area contributed by atoms with Crippen LogP contribution in [0.15, 0.2) is 17.0 Å². The molecule has 2 N–H and O–H groups in total. The first-order chi connectivity index (χ1) is 9.71. The van der Waals surface area contributed by atoms with Crippen molar-refractivity contribution < 1.29 is 21.6 Å². The van der Waals surface area contributed by atoms with Gasteiger partial charge in [-0.25, -0.2) is 13.1 Å². The smallest absolute Gasteiger partial charge is 0.385 e. The van der Waals surface area contributed by atoms with E-state index in [0.29, 0.717) is 12.0 Å². The first-order valence-corrected chi connectivity index (χ1v) is 8.12. The Hall–Kier alpha value is -1.28. The van der Waals surface area contributed by atoms with Crippen molar-refractivity contribution in [3.63, 3.8) is 0 Å². The zero-order valence-electron chi connectivity index (χ0n) is 11.5. The van der Waals surface area contributed by atoms with E-state index in [2.05, 4.69) is 5.32 Å². The van der Waals surface area contributed by atoms with Gasteiger partial charge in [-0.05, 0) is 37.0 Å². The summed E-state index contributed by atoms with van der Waals surface area (Å²) in [4.78, 5) is 0.0671. The lowest BCUT2D eigenvalue weighted by atomic mass is 10.00. The van der Waals surface area contributed by atoms with Crippen molar-refractivity contribution in [2.75, 3.05) is 18.4 Å². The number of hydrogen-bond acceptors (Lipinski definition) is 3. The largest absolute Gasteiger partial charge is 0.390 e. The van der Waals surface area contributed by atoms with E-state index in [-0.39, 0.29) is 4.90 Å². The number of alkyl halides is 3. The van der Waals surface area contributed by atoms with E-state index in [4.69, 9.17) is 0 Å². The van der Waals surface area contributed by atoms with Gasteiger partial charge in [-0.2, -0.15) is 13.2 Å². The van der Waals surface area contributed by atoms with Crippen molar-refractivity contribution in [1.82, 2.24) is 4.72 Å². The molecule has 2 rings (SSSR count). The van der Waals surface area contributed by atoms with Crippen molar-refractivity contribution in [2.24, 2.45) is 0 Å². The zero-order chi connectivity index (χ0) is 15.7. The fourth-order valence-corrected chi connectivity index (χ4v) is 3.68. The van der Waals surface area contributed by atoms with Gasteiger partial charge in [0.15, 0.2) is 0 Å². The lowest BCUT2D eigenvalue weighted by molar-refractivity contribution is -0.132. The highest BCUT2D eigenvalue weighted by Gasteiger charge is 2.29. The molecular weight excluding hydrogens is 305 g/mol. The fourth-order valence-electron chi connectivity index (χ4n) is 2.38. The molecule has 21 heavy (non-hydrogen) atoms. The summed E-state index contributed by atoms with van der Waals surface area (Å²) in [6.45, 7) is 1.98. The van der Waals surface area contributed by atoms with Gasteiger partial charge < -0.3 is 5.32 Å². The van der Waals surface area contributed by atoms with Crippen LogP contribution in [0.3, 0.4) is 0 Å². The SMILES string of the molecule is Cc1ccc(S(=O)(=O)NCCC(F)(F)F)c2c1NCCC2. The molecule has 0 unspecified atom stereocenters. The molecule has 1 heterocycles. The predicted octanol–water partition coefficient (Wildman–Crippen LogP) is 2.58. The van der Waals surface area contributed by atoms with Crippen LogP contribution in [0.25, 0.3) is 0 Å². The molecule has 1 aromatic rings. The number of halogens is 3. The summed E-state index contributed by atoms with van der Waals surface area (Å²) in [5.41, 5.74) is 2.36. The molecule has 0 amide bonds. The van der Waals surface area contributed by atoms with Gasteiger partial charge >= 0.3 is 6.18 Å². The lowest BCUT2D eigenvalue weighted by Crippen LogP contribution is -2.29. The van der Waals surface area contributed by atoms with Crippen LogP contribution in [0.5, 0.6) is 0 Å². The topological polar surface area (TPSA) is 58.2 Å². The number of aryl methyl sites for hydroxylation is 1. The van der Waals surface area contributed by atoms with E-state index in [1.807, 2.05) is 11.6 Å². The first-order valence-electron chi connectivity index (χ1n) is 6.63. The molecule has 118 valence electrons. The Morgan fingerprint density at radius 1 is 1.33 bits per heavy atom. The molecular formula is C13H17F3N2O2S. The Bertz CT molecular complexity index is 627. The van der Waals surface area contributed by atoms with Crippen LogP contribution < -0.4 is 10.0 Å². The number of rotatable bonds is 4. The van der Waals surface area contributed by atoms with Gasteiger partial charge in [-0.15, -0.1) is 0 Å². The third-order valence-electron chi connectivity index (χ3n) is 3.37. The van der Waals surface area contributed by atoms with Crippen molar-refractivity contribution in [3.8, 4) is 0 Å². The zero-order valence-corrected chi connectivity index (χ0v) is 12.4. The molecule has 1 aromatic carbocycles. The maximum absolute atomic E-state index is 12.2. The Morgan fingerprint density at radius 2 is 2.05 bits per heavy atom. The minimum absolute atomic E-state index is 0.0671. The average molecular weight is 322 g/mol. The molecule has 0 fully saturated rings. The molecule has 0 aromatic heterocycles. The van der Waals surface area contributed by atoms with Gasteiger partial charge in [-0.3, -0.25) is 0 Å². The summed E-state index contributed by atoms with van der Waals surface area (Å²) in [5.74, 6) is 0. The van der Waals surface area contributed by atoms with Crippen LogP contribution in [0.4, 0.5) is 18.9 Å². The number of hydrogen-bond donors (Lipinski definition) is 2. The van der Waals surface area contributed by atoms with Crippen molar-refractivity contribution >= 4 is 15.7 Å². The minimum Gasteiger partial charge on any atom is -0.385 e. The van der Waals surface area contributed by atoms with Crippen LogP contribution in [0, 0.1) is 6.92 Å². The van der Waals surface area contributed by atoms with Crippen molar-refractivity contribution in [3.05, 3.63) is 23.3 Å². The van der Waals surface area contributed by atoms with Crippen LogP contribution in [-0.4, -0.2) is 27.7 Å². The molecule has 0 saturated carbocycles. The molecule has 0 saturated heterocycles. The minimum atomic E-state index is -4.38. The number of nitrogens with one attached hydrogen (secondary N) is 2. The van der Waals surface area contributed by atoms with Gasteiger partial charge in [0.1, 0.15) is 0 Å². The molecule has 8 heteroatoms. The molecule has 0 aliphatic carbocycles. The Labute approximate surface area is 121 Å². The Morgan fingerprint density at radius 3 is 2.71 bits per heavy atom. The monoisotopic (exact) mass is 322 g/mol. The second-order valence-electron chi connectivity index (χ2n) is 5.03. The van der Waals surface area contributed by atoms with Crippen molar-refractivity contribution in [2.45, 2.75) is 37.3 Å². The molecule has 0 radical (unpaired) electrons. The molecule has 1 aliphatic rings. The maximum Gasteiger partial charge on any atom is 0.390 e. The summed E-state index contributed by atoms with van der Waals surface area (Å²) in [6.07, 6.45) is -4.17. The molecule has 1 aliphatic heterocycles. The summed E-state index contributed by atoms with van der Waals surface area (Å²) in [5, 5.41) is 3.15. The van der Waals surface area contributed by atoms with Gasteiger partial charge in [0.05, 0.1) is 11.3 Å². The second kappa shape index (κ2) is 5.84. The third-order valence-corrected chi connectivity index (χ3v) is 4.92. The van der Waals surface area contributed by atoms with Gasteiger partial charge in [0, 0.05) is 18.8 Å². The van der Waals surface area contributed by atoms with Gasteiger partial charge in [0.2, 0.25) is 10.0 Å². The summed E-state index contributed by atoms with van der Waals surface area (Å²) in [6, 6.07) is 3.12. The summed E-state index contributed by atoms with van der Waals surface area (Å²) >= 11 is 0. The molecule has 0 spiro atoms. The maximum atomic E-state index is 12.2. The molecule has 0 atom stereocenters. The summed E-state index contributed by atoms with van der Waals surface area (Å²) < 4.78 is 62.8. The van der Waals surface area contributed by atoms with Gasteiger partial charge in [0.25, 0.3) is 0 Å². The van der Waals surface area contributed by atoms with E-state index >= 15 is 0 Å². The van der Waals surface area contributed by atoms with Crippen LogP contribution >= 0.6 is 0 Å². The van der Waals surface area contributed by atoms with Crippen LogP contribution in [0.2, 0.25) is 0 Å². The van der Waals surface area contributed by atoms with E-state index in [9.17, 15) is 21.6 Å². The second-order valence-corrected chi connectivity index (χ2v) is 6.76. The predicted molar refractivity (Wildman–Crippen MR) is 73.9 cm³/mol. The third kappa shape index (κ3) is 3.88. The number of sulfonamides is 1. The average Bonchev–Trinajstić information content (AvgIpc) is 2.37. The summed E-state index contributed by atoms with van der Waals surface area (Å²) in [7, 11) is -3.93. The molecule has 0 bridgehead atoms. The number of anilines is 1. The van der Waals surface area contributed by atoms with E-state index in [0.717, 1.165) is 24.2 Å². The standard InChI is InChI=1S/C13H17F3N2O2S/c1-9-4-5-11(10-3-2-7-17-12(9)10)21(19,20)18-8-6-13(14,15)16/h4-5,17-18H,2-3,6-8H2,1H3. The van der Waals surface area contributed by atoms with Gasteiger partial charge in [-0.1, -0.05) is 6.07 Å². The number of fused-ring (bicyclic) bond motifs is 1. The Kier molecular flexibility index (Phi) is 4.48. The van der Waals surface area contributed by atoms with Crippen LogP contribution in [-0.2, 0) is 16.4 Å². The highest BCUT2D eigenvalue weighted by molar-refractivity contribution is 7.89. The first kappa shape index (κ1) is 16.1. The fraction of sp³-hybridized carbons (Fsp3) is 0.538. The number of benzene rings is 1. The van der Waals surface area contributed by atoms with E-state index in [1.165, 1.54) is 6.07 Å².